The van der Waals surface area contributed by atoms with E-state index in [1.54, 1.807) is 6.92 Å². The Labute approximate surface area is 122 Å². The molecule has 0 saturated heterocycles. The zero-order valence-corrected chi connectivity index (χ0v) is 13.2. The summed E-state index contributed by atoms with van der Waals surface area (Å²) < 4.78 is 13.4. The average molecular weight is 334 g/mol. The predicted octanol–water partition coefficient (Wildman–Crippen LogP) is 6.05. The summed E-state index contributed by atoms with van der Waals surface area (Å²) in [5, 5.41) is 0.540. The molecular formula is C15H19BrClF. The number of rotatable bonds is 2. The van der Waals surface area contributed by atoms with Crippen molar-refractivity contribution >= 4 is 27.5 Å². The third-order valence-electron chi connectivity index (χ3n) is 4.05. The molecule has 100 valence electrons. The molecule has 0 nitrogen and oxygen atoms in total. The molecule has 18 heavy (non-hydrogen) atoms. The van der Waals surface area contributed by atoms with Gasteiger partial charge < -0.3 is 0 Å². The minimum atomic E-state index is -0.222. The molecule has 0 radical (unpaired) electrons. The summed E-state index contributed by atoms with van der Waals surface area (Å²) in [5.74, 6) is 1.23. The highest BCUT2D eigenvalue weighted by Crippen LogP contribution is 2.44. The summed E-state index contributed by atoms with van der Waals surface area (Å²) in [6.45, 7) is 4.10. The second kappa shape index (κ2) is 5.92. The molecule has 1 saturated carbocycles. The maximum atomic E-state index is 13.4. The molecule has 0 N–H and O–H groups in total. The Bertz CT molecular complexity index is 425. The van der Waals surface area contributed by atoms with Crippen LogP contribution in [0.25, 0.3) is 0 Å². The van der Waals surface area contributed by atoms with Crippen molar-refractivity contribution in [1.29, 1.82) is 0 Å². The normalized spacial score (nSPS) is 26.1. The molecule has 0 amide bonds. The highest BCUT2D eigenvalue weighted by molar-refractivity contribution is 9.09. The SMILES string of the molecule is Cc1cc(C(Br)C2CCC(C)CC2)c(Cl)cc1F. The third kappa shape index (κ3) is 3.08. The van der Waals surface area contributed by atoms with E-state index < -0.39 is 0 Å². The number of alkyl halides is 1. The van der Waals surface area contributed by atoms with Gasteiger partial charge in [-0.05, 0) is 48.8 Å². The highest BCUT2D eigenvalue weighted by atomic mass is 79.9. The molecule has 1 fully saturated rings. The van der Waals surface area contributed by atoms with Gasteiger partial charge in [0.2, 0.25) is 0 Å². The molecule has 1 aliphatic rings. The second-order valence-corrected chi connectivity index (χ2v) is 6.94. The van der Waals surface area contributed by atoms with Gasteiger partial charge in [-0.1, -0.05) is 53.4 Å². The van der Waals surface area contributed by atoms with Crippen molar-refractivity contribution < 1.29 is 4.39 Å². The summed E-state index contributed by atoms with van der Waals surface area (Å²) in [4.78, 5) is 0.247. The molecule has 1 atom stereocenters. The van der Waals surface area contributed by atoms with Gasteiger partial charge >= 0.3 is 0 Å². The number of hydrogen-bond donors (Lipinski definition) is 0. The van der Waals surface area contributed by atoms with Crippen LogP contribution in [-0.4, -0.2) is 0 Å². The fourth-order valence-corrected chi connectivity index (χ4v) is 4.03. The van der Waals surface area contributed by atoms with Crippen molar-refractivity contribution in [2.24, 2.45) is 11.8 Å². The smallest absolute Gasteiger partial charge is 0.127 e. The molecular weight excluding hydrogens is 315 g/mol. The van der Waals surface area contributed by atoms with E-state index in [9.17, 15) is 4.39 Å². The lowest BCUT2D eigenvalue weighted by atomic mass is 9.80. The van der Waals surface area contributed by atoms with Gasteiger partial charge in [0.1, 0.15) is 5.82 Å². The molecule has 1 unspecified atom stereocenters. The monoisotopic (exact) mass is 332 g/mol. The lowest BCUT2D eigenvalue weighted by Crippen LogP contribution is -2.16. The van der Waals surface area contributed by atoms with E-state index in [1.165, 1.54) is 31.7 Å². The topological polar surface area (TPSA) is 0 Å². The van der Waals surface area contributed by atoms with Crippen LogP contribution >= 0.6 is 27.5 Å². The molecule has 0 aromatic heterocycles. The van der Waals surface area contributed by atoms with Gasteiger partial charge in [-0.25, -0.2) is 4.39 Å². The number of aryl methyl sites for hydroxylation is 1. The first-order valence-corrected chi connectivity index (χ1v) is 7.88. The van der Waals surface area contributed by atoms with Gasteiger partial charge in [0.25, 0.3) is 0 Å². The van der Waals surface area contributed by atoms with E-state index in [0.717, 1.165) is 11.5 Å². The second-order valence-electron chi connectivity index (χ2n) is 5.54. The van der Waals surface area contributed by atoms with E-state index in [4.69, 9.17) is 11.6 Å². The van der Waals surface area contributed by atoms with Crippen LogP contribution in [-0.2, 0) is 0 Å². The number of benzene rings is 1. The van der Waals surface area contributed by atoms with E-state index in [0.29, 0.717) is 16.5 Å². The summed E-state index contributed by atoms with van der Waals surface area (Å²) in [6.07, 6.45) is 5.02. The lowest BCUT2D eigenvalue weighted by Gasteiger charge is -2.30. The Hall–Kier alpha value is -0.0800. The van der Waals surface area contributed by atoms with Crippen molar-refractivity contribution in [3.05, 3.63) is 34.1 Å². The molecule has 0 aliphatic heterocycles. The Morgan fingerprint density at radius 2 is 1.89 bits per heavy atom. The van der Waals surface area contributed by atoms with Crippen molar-refractivity contribution in [2.75, 3.05) is 0 Å². The van der Waals surface area contributed by atoms with Gasteiger partial charge in [0, 0.05) is 9.85 Å². The van der Waals surface area contributed by atoms with Gasteiger partial charge in [-0.15, -0.1) is 0 Å². The van der Waals surface area contributed by atoms with Crippen LogP contribution < -0.4 is 0 Å². The molecule has 1 aromatic rings. The Balaban J connectivity index is 2.18. The number of halogens is 3. The highest BCUT2D eigenvalue weighted by Gasteiger charge is 2.27. The van der Waals surface area contributed by atoms with Crippen LogP contribution in [0.3, 0.4) is 0 Å². The molecule has 0 spiro atoms. The molecule has 3 heteroatoms. The fourth-order valence-electron chi connectivity index (χ4n) is 2.72. The first kappa shape index (κ1) is 14.3. The van der Waals surface area contributed by atoms with E-state index in [1.807, 2.05) is 6.07 Å². The van der Waals surface area contributed by atoms with Crippen LogP contribution in [0.15, 0.2) is 12.1 Å². The Kier molecular flexibility index (Phi) is 4.71. The molecule has 2 rings (SSSR count). The van der Waals surface area contributed by atoms with Crippen LogP contribution in [0, 0.1) is 24.6 Å². The van der Waals surface area contributed by atoms with Gasteiger partial charge in [-0.2, -0.15) is 0 Å². The first-order valence-electron chi connectivity index (χ1n) is 6.58. The van der Waals surface area contributed by atoms with Crippen molar-refractivity contribution in [1.82, 2.24) is 0 Å². The van der Waals surface area contributed by atoms with Gasteiger partial charge in [0.15, 0.2) is 0 Å². The van der Waals surface area contributed by atoms with E-state index in [-0.39, 0.29) is 10.6 Å². The summed E-state index contributed by atoms with van der Waals surface area (Å²) in [5.41, 5.74) is 1.71. The molecule has 0 heterocycles. The lowest BCUT2D eigenvalue weighted by molar-refractivity contribution is 0.287. The number of hydrogen-bond acceptors (Lipinski definition) is 0. The average Bonchev–Trinajstić information content (AvgIpc) is 2.34. The predicted molar refractivity (Wildman–Crippen MR) is 78.9 cm³/mol. The van der Waals surface area contributed by atoms with Crippen molar-refractivity contribution in [3.8, 4) is 0 Å². The summed E-state index contributed by atoms with van der Waals surface area (Å²) in [6, 6.07) is 3.32. The molecule has 0 bridgehead atoms. The van der Waals surface area contributed by atoms with Crippen molar-refractivity contribution in [2.45, 2.75) is 44.4 Å². The van der Waals surface area contributed by atoms with Crippen LogP contribution in [0.2, 0.25) is 5.02 Å². The maximum absolute atomic E-state index is 13.4. The van der Waals surface area contributed by atoms with Crippen molar-refractivity contribution in [3.63, 3.8) is 0 Å². The van der Waals surface area contributed by atoms with Crippen LogP contribution in [0.4, 0.5) is 4.39 Å². The third-order valence-corrected chi connectivity index (χ3v) is 5.62. The zero-order chi connectivity index (χ0) is 13.3. The van der Waals surface area contributed by atoms with Gasteiger partial charge in [-0.3, -0.25) is 0 Å². The quantitative estimate of drug-likeness (QED) is 0.578. The standard InChI is InChI=1S/C15H19BrClF/c1-9-3-5-11(6-4-9)15(16)12-7-10(2)14(18)8-13(12)17/h7-9,11,15H,3-6H2,1-2H3. The maximum Gasteiger partial charge on any atom is 0.127 e. The molecule has 1 aromatic carbocycles. The largest absolute Gasteiger partial charge is 0.207 e. The zero-order valence-electron chi connectivity index (χ0n) is 10.8. The Morgan fingerprint density at radius 3 is 2.50 bits per heavy atom. The first-order chi connectivity index (χ1) is 8.49. The van der Waals surface area contributed by atoms with Crippen LogP contribution in [0.1, 0.15) is 48.6 Å². The fraction of sp³-hybridized carbons (Fsp3) is 0.600. The van der Waals surface area contributed by atoms with E-state index >= 15 is 0 Å². The summed E-state index contributed by atoms with van der Waals surface area (Å²) >= 11 is 9.94. The minimum Gasteiger partial charge on any atom is -0.207 e. The van der Waals surface area contributed by atoms with Gasteiger partial charge in [0.05, 0.1) is 0 Å². The Morgan fingerprint density at radius 1 is 1.28 bits per heavy atom. The minimum absolute atomic E-state index is 0.222. The van der Waals surface area contributed by atoms with Crippen LogP contribution in [0.5, 0.6) is 0 Å². The van der Waals surface area contributed by atoms with E-state index in [2.05, 4.69) is 22.9 Å². The molecule has 1 aliphatic carbocycles. The summed E-state index contributed by atoms with van der Waals surface area (Å²) in [7, 11) is 0.